The molecule has 2 aromatic carbocycles. The lowest BCUT2D eigenvalue weighted by Gasteiger charge is -2.12. The number of anilines is 2. The van der Waals surface area contributed by atoms with Crippen LogP contribution in [0.5, 0.6) is 11.5 Å². The minimum absolute atomic E-state index is 0.250. The molecule has 7 heteroatoms. The number of aryl methyl sites for hydroxylation is 1. The third kappa shape index (κ3) is 4.56. The molecule has 0 radical (unpaired) electrons. The highest BCUT2D eigenvalue weighted by atomic mass is 16.5. The lowest BCUT2D eigenvalue weighted by Crippen LogP contribution is -2.15. The average Bonchev–Trinajstić information content (AvgIpc) is 2.73. The summed E-state index contributed by atoms with van der Waals surface area (Å²) >= 11 is 0. The van der Waals surface area contributed by atoms with Gasteiger partial charge in [0.15, 0.2) is 0 Å². The quantitative estimate of drug-likeness (QED) is 0.653. The Bertz CT molecular complexity index is 975. The minimum Gasteiger partial charge on any atom is -0.497 e. The van der Waals surface area contributed by atoms with E-state index < -0.39 is 0 Å². The summed E-state index contributed by atoms with van der Waals surface area (Å²) in [5.74, 6) is 1.36. The highest BCUT2D eigenvalue weighted by molar-refractivity contribution is 6.04. The summed E-state index contributed by atoms with van der Waals surface area (Å²) < 4.78 is 10.5. The molecular formula is C21H22N4O3. The largest absolute Gasteiger partial charge is 0.497 e. The van der Waals surface area contributed by atoms with Gasteiger partial charge in [0.1, 0.15) is 29.3 Å². The van der Waals surface area contributed by atoms with Gasteiger partial charge in [-0.1, -0.05) is 24.3 Å². The van der Waals surface area contributed by atoms with E-state index >= 15 is 0 Å². The Hall–Kier alpha value is -3.61. The SMILES string of the molecule is COc1ccc(NC(=O)c2cc(NCc3ccccc3C)ncn2)c(OC)c1. The molecule has 0 fully saturated rings. The van der Waals surface area contributed by atoms with Crippen molar-refractivity contribution in [1.29, 1.82) is 0 Å². The van der Waals surface area contributed by atoms with E-state index in [1.807, 2.05) is 18.2 Å². The van der Waals surface area contributed by atoms with E-state index in [0.29, 0.717) is 29.5 Å². The standard InChI is InChI=1S/C21H22N4O3/c1-14-6-4-5-7-15(14)12-22-20-11-18(23-13-24-20)21(26)25-17-9-8-16(27-2)10-19(17)28-3/h4-11,13H,12H2,1-3H3,(H,25,26)(H,22,23,24). The van der Waals surface area contributed by atoms with Crippen molar-refractivity contribution in [3.63, 3.8) is 0 Å². The number of ether oxygens (including phenoxy) is 2. The molecule has 0 aliphatic carbocycles. The number of methoxy groups -OCH3 is 2. The van der Waals surface area contributed by atoms with Crippen LogP contribution in [0.4, 0.5) is 11.5 Å². The Morgan fingerprint density at radius 3 is 2.61 bits per heavy atom. The molecule has 1 heterocycles. The Labute approximate surface area is 163 Å². The van der Waals surface area contributed by atoms with E-state index in [0.717, 1.165) is 5.56 Å². The number of nitrogens with zero attached hydrogens (tertiary/aromatic N) is 2. The molecule has 144 valence electrons. The van der Waals surface area contributed by atoms with E-state index in [1.165, 1.54) is 19.0 Å². The van der Waals surface area contributed by atoms with Crippen molar-refractivity contribution < 1.29 is 14.3 Å². The Kier molecular flexibility index (Phi) is 6.06. The number of hydrogen-bond acceptors (Lipinski definition) is 6. The molecule has 0 atom stereocenters. The van der Waals surface area contributed by atoms with Gasteiger partial charge >= 0.3 is 0 Å². The Balaban J connectivity index is 1.71. The van der Waals surface area contributed by atoms with Crippen molar-refractivity contribution in [2.75, 3.05) is 24.9 Å². The molecule has 0 saturated heterocycles. The van der Waals surface area contributed by atoms with Gasteiger partial charge in [0, 0.05) is 18.7 Å². The summed E-state index contributed by atoms with van der Waals surface area (Å²) in [6, 6.07) is 14.9. The maximum atomic E-state index is 12.6. The van der Waals surface area contributed by atoms with Crippen molar-refractivity contribution in [1.82, 2.24) is 9.97 Å². The van der Waals surface area contributed by atoms with Crippen LogP contribution in [0.1, 0.15) is 21.6 Å². The van der Waals surface area contributed by atoms with Crippen LogP contribution in [0.3, 0.4) is 0 Å². The van der Waals surface area contributed by atoms with Crippen molar-refractivity contribution in [3.05, 3.63) is 71.7 Å². The Morgan fingerprint density at radius 2 is 1.86 bits per heavy atom. The number of benzene rings is 2. The fourth-order valence-corrected chi connectivity index (χ4v) is 2.66. The number of carbonyl (C=O) groups excluding carboxylic acids is 1. The van der Waals surface area contributed by atoms with E-state index in [4.69, 9.17) is 9.47 Å². The maximum Gasteiger partial charge on any atom is 0.274 e. The van der Waals surface area contributed by atoms with Gasteiger partial charge in [-0.15, -0.1) is 0 Å². The first-order valence-corrected chi connectivity index (χ1v) is 8.74. The first-order chi connectivity index (χ1) is 13.6. The van der Waals surface area contributed by atoms with Crippen LogP contribution in [0.15, 0.2) is 54.9 Å². The van der Waals surface area contributed by atoms with Crippen LogP contribution in [-0.2, 0) is 6.54 Å². The first-order valence-electron chi connectivity index (χ1n) is 8.74. The number of aromatic nitrogens is 2. The third-order valence-corrected chi connectivity index (χ3v) is 4.28. The molecule has 2 N–H and O–H groups in total. The van der Waals surface area contributed by atoms with Gasteiger partial charge in [-0.3, -0.25) is 4.79 Å². The van der Waals surface area contributed by atoms with Gasteiger partial charge < -0.3 is 20.1 Å². The zero-order chi connectivity index (χ0) is 19.9. The maximum absolute atomic E-state index is 12.6. The Morgan fingerprint density at radius 1 is 1.04 bits per heavy atom. The number of carbonyl (C=O) groups is 1. The molecule has 0 unspecified atom stereocenters. The molecule has 3 aromatic rings. The predicted molar refractivity (Wildman–Crippen MR) is 108 cm³/mol. The summed E-state index contributed by atoms with van der Waals surface area (Å²) in [5.41, 5.74) is 3.13. The fraction of sp³-hybridized carbons (Fsp3) is 0.190. The van der Waals surface area contributed by atoms with Gasteiger partial charge in [0.2, 0.25) is 0 Å². The minimum atomic E-state index is -0.357. The lowest BCUT2D eigenvalue weighted by atomic mass is 10.1. The van der Waals surface area contributed by atoms with Crippen molar-refractivity contribution >= 4 is 17.4 Å². The van der Waals surface area contributed by atoms with Gasteiger partial charge in [0.05, 0.1) is 19.9 Å². The highest BCUT2D eigenvalue weighted by Crippen LogP contribution is 2.29. The fourth-order valence-electron chi connectivity index (χ4n) is 2.66. The van der Waals surface area contributed by atoms with Crippen molar-refractivity contribution in [2.24, 2.45) is 0 Å². The van der Waals surface area contributed by atoms with Gasteiger partial charge in [0.25, 0.3) is 5.91 Å². The molecule has 7 nitrogen and oxygen atoms in total. The zero-order valence-electron chi connectivity index (χ0n) is 16.0. The second-order valence-electron chi connectivity index (χ2n) is 6.09. The molecule has 0 aliphatic rings. The topological polar surface area (TPSA) is 85.4 Å². The van der Waals surface area contributed by atoms with Gasteiger partial charge in [-0.05, 0) is 30.2 Å². The van der Waals surface area contributed by atoms with Crippen LogP contribution in [0.25, 0.3) is 0 Å². The summed E-state index contributed by atoms with van der Waals surface area (Å²) in [6.45, 7) is 2.66. The molecule has 0 spiro atoms. The van der Waals surface area contributed by atoms with E-state index in [2.05, 4.69) is 33.6 Å². The normalized spacial score (nSPS) is 10.2. The summed E-state index contributed by atoms with van der Waals surface area (Å²) in [6.07, 6.45) is 1.36. The van der Waals surface area contributed by atoms with E-state index in [9.17, 15) is 4.79 Å². The molecule has 0 saturated carbocycles. The molecule has 1 amide bonds. The molecule has 1 aromatic heterocycles. The monoisotopic (exact) mass is 378 g/mol. The third-order valence-electron chi connectivity index (χ3n) is 4.28. The van der Waals surface area contributed by atoms with Gasteiger partial charge in [-0.2, -0.15) is 0 Å². The predicted octanol–water partition coefficient (Wildman–Crippen LogP) is 3.67. The van der Waals surface area contributed by atoms with Crippen LogP contribution in [0, 0.1) is 6.92 Å². The lowest BCUT2D eigenvalue weighted by molar-refractivity contribution is 0.102. The molecule has 0 aliphatic heterocycles. The first kappa shape index (κ1) is 19.2. The summed E-state index contributed by atoms with van der Waals surface area (Å²) in [7, 11) is 3.10. The number of amides is 1. The molecule has 3 rings (SSSR count). The van der Waals surface area contributed by atoms with Crippen LogP contribution in [-0.4, -0.2) is 30.1 Å². The summed E-state index contributed by atoms with van der Waals surface area (Å²) in [5, 5.41) is 6.03. The zero-order valence-corrected chi connectivity index (χ0v) is 16.0. The van der Waals surface area contributed by atoms with Gasteiger partial charge in [-0.25, -0.2) is 9.97 Å². The highest BCUT2D eigenvalue weighted by Gasteiger charge is 2.13. The van der Waals surface area contributed by atoms with Crippen molar-refractivity contribution in [3.8, 4) is 11.5 Å². The molecular weight excluding hydrogens is 356 g/mol. The van der Waals surface area contributed by atoms with Crippen LogP contribution >= 0.6 is 0 Å². The molecule has 0 bridgehead atoms. The number of hydrogen-bond donors (Lipinski definition) is 2. The van der Waals surface area contributed by atoms with Crippen LogP contribution < -0.4 is 20.1 Å². The van der Waals surface area contributed by atoms with E-state index in [-0.39, 0.29) is 11.6 Å². The second kappa shape index (κ2) is 8.85. The second-order valence-corrected chi connectivity index (χ2v) is 6.09. The van der Waals surface area contributed by atoms with Crippen LogP contribution in [0.2, 0.25) is 0 Å². The van der Waals surface area contributed by atoms with Crippen molar-refractivity contribution in [2.45, 2.75) is 13.5 Å². The number of nitrogens with one attached hydrogen (secondary N) is 2. The smallest absolute Gasteiger partial charge is 0.274 e. The summed E-state index contributed by atoms with van der Waals surface area (Å²) in [4.78, 5) is 20.9. The number of rotatable bonds is 7. The molecule has 28 heavy (non-hydrogen) atoms. The average molecular weight is 378 g/mol. The van der Waals surface area contributed by atoms with E-state index in [1.54, 1.807) is 31.4 Å².